The molecule has 2 N–H and O–H groups in total. The van der Waals surface area contributed by atoms with Crippen LogP contribution in [0.2, 0.25) is 0 Å². The van der Waals surface area contributed by atoms with Gasteiger partial charge in [-0.25, -0.2) is 0 Å². The van der Waals surface area contributed by atoms with Crippen LogP contribution in [-0.4, -0.2) is 35.1 Å². The van der Waals surface area contributed by atoms with Crippen molar-refractivity contribution in [2.75, 3.05) is 6.61 Å². The molecule has 0 aromatic carbocycles. The minimum Gasteiger partial charge on any atom is -0.396 e. The third-order valence-electron chi connectivity index (χ3n) is 2.46. The molecule has 0 aliphatic carbocycles. The lowest BCUT2D eigenvalue weighted by molar-refractivity contribution is -0.0476. The summed E-state index contributed by atoms with van der Waals surface area (Å²) in [6, 6.07) is 0. The van der Waals surface area contributed by atoms with Gasteiger partial charge in [0.15, 0.2) is 0 Å². The van der Waals surface area contributed by atoms with E-state index in [0.29, 0.717) is 12.3 Å². The highest BCUT2D eigenvalue weighted by molar-refractivity contribution is 4.82. The van der Waals surface area contributed by atoms with Crippen molar-refractivity contribution in [3.8, 4) is 0 Å². The normalized spacial score (nSPS) is 38.5. The third kappa shape index (κ3) is 2.19. The first-order valence-electron chi connectivity index (χ1n) is 4.59. The summed E-state index contributed by atoms with van der Waals surface area (Å²) in [7, 11) is 0. The van der Waals surface area contributed by atoms with Gasteiger partial charge in [-0.1, -0.05) is 6.92 Å². The third-order valence-corrected chi connectivity index (χ3v) is 2.46. The van der Waals surface area contributed by atoms with Crippen molar-refractivity contribution in [1.82, 2.24) is 0 Å². The zero-order valence-corrected chi connectivity index (χ0v) is 7.73. The minimum atomic E-state index is -0.505. The fraction of sp³-hybridized carbons (Fsp3) is 1.00. The molecular weight excluding hydrogens is 156 g/mol. The molecule has 1 heterocycles. The van der Waals surface area contributed by atoms with E-state index in [0.717, 1.165) is 6.42 Å². The average Bonchev–Trinajstić information content (AvgIpc) is 2.30. The zero-order chi connectivity index (χ0) is 9.14. The molecule has 4 atom stereocenters. The van der Waals surface area contributed by atoms with Gasteiger partial charge >= 0.3 is 0 Å². The largest absolute Gasteiger partial charge is 0.396 e. The van der Waals surface area contributed by atoms with Gasteiger partial charge in [-0.3, -0.25) is 0 Å². The van der Waals surface area contributed by atoms with Crippen molar-refractivity contribution in [3.63, 3.8) is 0 Å². The highest BCUT2D eigenvalue weighted by Crippen LogP contribution is 2.28. The molecule has 72 valence electrons. The number of aliphatic hydroxyl groups is 2. The van der Waals surface area contributed by atoms with Gasteiger partial charge in [0.1, 0.15) is 0 Å². The van der Waals surface area contributed by atoms with Crippen LogP contribution in [0.5, 0.6) is 0 Å². The van der Waals surface area contributed by atoms with Crippen LogP contribution in [0, 0.1) is 5.92 Å². The van der Waals surface area contributed by atoms with E-state index < -0.39 is 6.10 Å². The summed E-state index contributed by atoms with van der Waals surface area (Å²) in [5.74, 6) is 0.404. The summed E-state index contributed by atoms with van der Waals surface area (Å²) >= 11 is 0. The van der Waals surface area contributed by atoms with E-state index in [1.807, 2.05) is 6.92 Å². The number of ether oxygens (including phenoxy) is 1. The molecule has 1 fully saturated rings. The SMILES string of the molecule is C[C@H]1C[C@H](C)[C@@H]([C@H](O)CCO)O1. The van der Waals surface area contributed by atoms with Gasteiger partial charge in [-0.05, 0) is 25.7 Å². The van der Waals surface area contributed by atoms with Gasteiger partial charge in [0, 0.05) is 6.61 Å². The summed E-state index contributed by atoms with van der Waals surface area (Å²) in [5, 5.41) is 18.2. The second-order valence-corrected chi connectivity index (χ2v) is 3.70. The van der Waals surface area contributed by atoms with Crippen LogP contribution in [-0.2, 0) is 4.74 Å². The molecule has 0 amide bonds. The molecule has 0 saturated carbocycles. The van der Waals surface area contributed by atoms with E-state index in [-0.39, 0.29) is 18.8 Å². The van der Waals surface area contributed by atoms with E-state index in [4.69, 9.17) is 9.84 Å². The van der Waals surface area contributed by atoms with Crippen LogP contribution in [0.3, 0.4) is 0 Å². The molecule has 1 rings (SSSR count). The molecule has 3 heteroatoms. The van der Waals surface area contributed by atoms with E-state index in [1.54, 1.807) is 0 Å². The van der Waals surface area contributed by atoms with Gasteiger partial charge in [-0.2, -0.15) is 0 Å². The van der Waals surface area contributed by atoms with Crippen LogP contribution in [0.25, 0.3) is 0 Å². The fourth-order valence-corrected chi connectivity index (χ4v) is 1.88. The highest BCUT2D eigenvalue weighted by Gasteiger charge is 2.34. The van der Waals surface area contributed by atoms with Gasteiger partial charge in [0.05, 0.1) is 18.3 Å². The first-order chi connectivity index (χ1) is 5.65. The lowest BCUT2D eigenvalue weighted by Gasteiger charge is -2.20. The van der Waals surface area contributed by atoms with Crippen LogP contribution in [0.1, 0.15) is 26.7 Å². The molecular formula is C9H18O3. The molecule has 0 radical (unpaired) electrons. The van der Waals surface area contributed by atoms with Crippen LogP contribution in [0.4, 0.5) is 0 Å². The standard InChI is InChI=1S/C9H18O3/c1-6-5-7(2)12-9(6)8(11)3-4-10/h6-11H,3-5H2,1-2H3/t6-,7-,8+,9-/m0/s1. The number of hydrogen-bond donors (Lipinski definition) is 2. The summed E-state index contributed by atoms with van der Waals surface area (Å²) in [5.41, 5.74) is 0. The molecule has 1 aliphatic rings. The maximum atomic E-state index is 9.55. The number of hydrogen-bond acceptors (Lipinski definition) is 3. The Morgan fingerprint density at radius 1 is 1.50 bits per heavy atom. The fourth-order valence-electron chi connectivity index (χ4n) is 1.88. The minimum absolute atomic E-state index is 0.0299. The van der Waals surface area contributed by atoms with E-state index >= 15 is 0 Å². The maximum Gasteiger partial charge on any atom is 0.0864 e. The molecule has 1 aliphatic heterocycles. The predicted molar refractivity (Wildman–Crippen MR) is 45.8 cm³/mol. The molecule has 0 spiro atoms. The molecule has 0 aromatic heterocycles. The van der Waals surface area contributed by atoms with Gasteiger partial charge in [0.2, 0.25) is 0 Å². The quantitative estimate of drug-likeness (QED) is 0.656. The van der Waals surface area contributed by atoms with E-state index in [2.05, 4.69) is 6.92 Å². The Balaban J connectivity index is 2.40. The number of aliphatic hydroxyl groups excluding tert-OH is 2. The summed E-state index contributed by atoms with van der Waals surface area (Å²) in [4.78, 5) is 0. The van der Waals surface area contributed by atoms with Crippen molar-refractivity contribution < 1.29 is 14.9 Å². The second kappa shape index (κ2) is 4.21. The summed E-state index contributed by atoms with van der Waals surface area (Å²) < 4.78 is 5.53. The highest BCUT2D eigenvalue weighted by atomic mass is 16.5. The molecule has 3 nitrogen and oxygen atoms in total. The van der Waals surface area contributed by atoms with Gasteiger partial charge in [-0.15, -0.1) is 0 Å². The van der Waals surface area contributed by atoms with Gasteiger partial charge in [0.25, 0.3) is 0 Å². The van der Waals surface area contributed by atoms with E-state index in [9.17, 15) is 5.11 Å². The predicted octanol–water partition coefficient (Wildman–Crippen LogP) is 0.543. The van der Waals surface area contributed by atoms with Crippen molar-refractivity contribution in [2.45, 2.75) is 45.0 Å². The van der Waals surface area contributed by atoms with Crippen molar-refractivity contribution in [1.29, 1.82) is 0 Å². The Hall–Kier alpha value is -0.120. The summed E-state index contributed by atoms with van der Waals surface area (Å²) in [6.07, 6.45) is 1.09. The first-order valence-corrected chi connectivity index (χ1v) is 4.59. The smallest absolute Gasteiger partial charge is 0.0864 e. The molecule has 0 aromatic rings. The molecule has 12 heavy (non-hydrogen) atoms. The lowest BCUT2D eigenvalue weighted by atomic mass is 9.97. The Morgan fingerprint density at radius 2 is 2.17 bits per heavy atom. The van der Waals surface area contributed by atoms with Crippen molar-refractivity contribution >= 4 is 0 Å². The average molecular weight is 174 g/mol. The Labute approximate surface area is 73.4 Å². The van der Waals surface area contributed by atoms with Crippen molar-refractivity contribution in [2.24, 2.45) is 5.92 Å². The monoisotopic (exact) mass is 174 g/mol. The topological polar surface area (TPSA) is 49.7 Å². The Morgan fingerprint density at radius 3 is 2.58 bits per heavy atom. The number of rotatable bonds is 3. The lowest BCUT2D eigenvalue weighted by Crippen LogP contribution is -2.31. The molecule has 0 bridgehead atoms. The van der Waals surface area contributed by atoms with Gasteiger partial charge < -0.3 is 14.9 Å². The second-order valence-electron chi connectivity index (χ2n) is 3.70. The van der Waals surface area contributed by atoms with Crippen molar-refractivity contribution in [3.05, 3.63) is 0 Å². The summed E-state index contributed by atoms with van der Waals surface area (Å²) in [6.45, 7) is 4.12. The molecule has 0 unspecified atom stereocenters. The zero-order valence-electron chi connectivity index (χ0n) is 7.73. The Kier molecular flexibility index (Phi) is 3.50. The molecule has 1 saturated heterocycles. The van der Waals surface area contributed by atoms with Crippen LogP contribution in [0.15, 0.2) is 0 Å². The first kappa shape index (κ1) is 9.96. The van der Waals surface area contributed by atoms with Crippen LogP contribution < -0.4 is 0 Å². The maximum absolute atomic E-state index is 9.55. The van der Waals surface area contributed by atoms with E-state index in [1.165, 1.54) is 0 Å². The van der Waals surface area contributed by atoms with Crippen LogP contribution >= 0.6 is 0 Å². The Bertz CT molecular complexity index is 138.